The van der Waals surface area contributed by atoms with E-state index >= 15 is 0 Å². The molecule has 2 aromatic rings. The molecule has 0 bridgehead atoms. The first-order valence-electron chi connectivity index (χ1n) is 9.42. The average molecular weight is 383 g/mol. The average Bonchev–Trinajstić information content (AvgIpc) is 2.94. The number of rotatable bonds is 5. The molecule has 1 aliphatic rings. The van der Waals surface area contributed by atoms with Crippen LogP contribution in [0.25, 0.3) is 0 Å². The molecule has 2 heterocycles. The second-order valence-electron chi connectivity index (χ2n) is 6.87. The molecule has 1 fully saturated rings. The van der Waals surface area contributed by atoms with Gasteiger partial charge in [0.1, 0.15) is 17.1 Å². The molecule has 1 aliphatic heterocycles. The summed E-state index contributed by atoms with van der Waals surface area (Å²) in [5.74, 6) is 0.0659. The number of aromatic carboxylic acids is 1. The van der Waals surface area contributed by atoms with E-state index in [0.717, 1.165) is 12.1 Å². The highest BCUT2D eigenvalue weighted by molar-refractivity contribution is 5.93. The van der Waals surface area contributed by atoms with Crippen LogP contribution < -0.4 is 9.64 Å². The molecular weight excluding hydrogens is 358 g/mol. The number of ether oxygens (including phenoxy) is 1. The summed E-state index contributed by atoms with van der Waals surface area (Å²) < 4.78 is 5.75. The van der Waals surface area contributed by atoms with Crippen LogP contribution in [0, 0.1) is 6.92 Å². The number of hydrogen-bond donors (Lipinski definition) is 1. The number of aryl methyl sites for hydroxylation is 1. The first kappa shape index (κ1) is 19.7. The molecule has 1 unspecified atom stereocenters. The number of hydrogen-bond acceptors (Lipinski definition) is 5. The lowest BCUT2D eigenvalue weighted by atomic mass is 10.2. The van der Waals surface area contributed by atoms with Gasteiger partial charge in [0, 0.05) is 31.9 Å². The molecule has 7 heteroatoms. The number of anilines is 1. The van der Waals surface area contributed by atoms with Crippen LogP contribution in [0.15, 0.2) is 42.5 Å². The minimum absolute atomic E-state index is 0.0682. The highest BCUT2D eigenvalue weighted by atomic mass is 16.5. The molecule has 1 aromatic carbocycles. The number of carbonyl (C=O) groups is 2. The van der Waals surface area contributed by atoms with E-state index in [0.29, 0.717) is 37.7 Å². The molecule has 3 rings (SSSR count). The summed E-state index contributed by atoms with van der Waals surface area (Å²) in [5, 5.41) is 9.46. The van der Waals surface area contributed by atoms with Crippen molar-refractivity contribution in [1.29, 1.82) is 0 Å². The maximum Gasteiger partial charge on any atom is 0.339 e. The number of carboxylic acids is 1. The molecule has 1 aromatic heterocycles. The molecule has 0 aliphatic carbocycles. The maximum absolute atomic E-state index is 12.8. The van der Waals surface area contributed by atoms with Gasteiger partial charge >= 0.3 is 5.97 Å². The van der Waals surface area contributed by atoms with E-state index in [1.54, 1.807) is 24.0 Å². The van der Waals surface area contributed by atoms with Crippen molar-refractivity contribution >= 4 is 17.7 Å². The van der Waals surface area contributed by atoms with Gasteiger partial charge in [0.15, 0.2) is 6.10 Å². The second-order valence-corrected chi connectivity index (χ2v) is 6.87. The van der Waals surface area contributed by atoms with Gasteiger partial charge in [-0.05, 0) is 44.5 Å². The Balaban J connectivity index is 1.67. The van der Waals surface area contributed by atoms with Crippen LogP contribution in [0.3, 0.4) is 0 Å². The van der Waals surface area contributed by atoms with E-state index in [-0.39, 0.29) is 11.5 Å². The standard InChI is InChI=1S/C21H25N3O4/c1-15-9-10-18(21(26)27)19(22-15)23-11-6-12-24(14-13-23)20(25)16(2)28-17-7-4-3-5-8-17/h3-5,7-10,16H,6,11-14H2,1-2H3,(H,26,27). The summed E-state index contributed by atoms with van der Waals surface area (Å²) in [6.07, 6.45) is 0.152. The zero-order chi connectivity index (χ0) is 20.1. The molecule has 1 saturated heterocycles. The fourth-order valence-electron chi connectivity index (χ4n) is 3.31. The molecule has 1 atom stereocenters. The van der Waals surface area contributed by atoms with Gasteiger partial charge in [-0.15, -0.1) is 0 Å². The highest BCUT2D eigenvalue weighted by Gasteiger charge is 2.26. The third-order valence-corrected chi connectivity index (χ3v) is 4.76. The summed E-state index contributed by atoms with van der Waals surface area (Å²) in [7, 11) is 0. The molecule has 0 radical (unpaired) electrons. The summed E-state index contributed by atoms with van der Waals surface area (Å²) in [5.41, 5.74) is 0.952. The fourth-order valence-corrected chi connectivity index (χ4v) is 3.31. The first-order valence-corrected chi connectivity index (χ1v) is 9.42. The largest absolute Gasteiger partial charge is 0.481 e. The number of amides is 1. The van der Waals surface area contributed by atoms with Crippen molar-refractivity contribution in [3.63, 3.8) is 0 Å². The van der Waals surface area contributed by atoms with Gasteiger partial charge in [-0.2, -0.15) is 0 Å². The van der Waals surface area contributed by atoms with E-state index in [1.807, 2.05) is 42.2 Å². The highest BCUT2D eigenvalue weighted by Crippen LogP contribution is 2.21. The normalized spacial score (nSPS) is 15.6. The number of nitrogens with zero attached hydrogens (tertiary/aromatic N) is 3. The first-order chi connectivity index (χ1) is 13.5. The Hall–Kier alpha value is -3.09. The Labute approximate surface area is 164 Å². The maximum atomic E-state index is 12.8. The van der Waals surface area contributed by atoms with Crippen molar-refractivity contribution in [2.45, 2.75) is 26.4 Å². The lowest BCUT2D eigenvalue weighted by Crippen LogP contribution is -2.42. The predicted octanol–water partition coefficient (Wildman–Crippen LogP) is 2.59. The summed E-state index contributed by atoms with van der Waals surface area (Å²) in [6, 6.07) is 12.6. The lowest BCUT2D eigenvalue weighted by molar-refractivity contribution is -0.137. The van der Waals surface area contributed by atoms with Crippen LogP contribution in [0.5, 0.6) is 5.75 Å². The molecule has 7 nitrogen and oxygen atoms in total. The van der Waals surface area contributed by atoms with Crippen molar-refractivity contribution in [3.8, 4) is 5.75 Å². The SMILES string of the molecule is Cc1ccc(C(=O)O)c(N2CCCN(C(=O)C(C)Oc3ccccc3)CC2)n1. The zero-order valence-corrected chi connectivity index (χ0v) is 16.2. The summed E-state index contributed by atoms with van der Waals surface area (Å²) >= 11 is 0. The minimum Gasteiger partial charge on any atom is -0.481 e. The van der Waals surface area contributed by atoms with Crippen molar-refractivity contribution in [3.05, 3.63) is 53.7 Å². The molecule has 1 N–H and O–H groups in total. The quantitative estimate of drug-likeness (QED) is 0.855. The van der Waals surface area contributed by atoms with Crippen LogP contribution in [0.4, 0.5) is 5.82 Å². The van der Waals surface area contributed by atoms with E-state index in [1.165, 1.54) is 0 Å². The van der Waals surface area contributed by atoms with Gasteiger partial charge < -0.3 is 19.6 Å². The van der Waals surface area contributed by atoms with E-state index < -0.39 is 12.1 Å². The second kappa shape index (κ2) is 8.73. The van der Waals surface area contributed by atoms with Crippen LogP contribution in [0.1, 0.15) is 29.4 Å². The van der Waals surface area contributed by atoms with Crippen molar-refractivity contribution < 1.29 is 19.4 Å². The van der Waals surface area contributed by atoms with Gasteiger partial charge in [-0.25, -0.2) is 9.78 Å². The number of carbonyl (C=O) groups excluding carboxylic acids is 1. The molecule has 0 spiro atoms. The van der Waals surface area contributed by atoms with Crippen LogP contribution in [-0.4, -0.2) is 59.1 Å². The van der Waals surface area contributed by atoms with Gasteiger partial charge in [0.2, 0.25) is 0 Å². The Kier molecular flexibility index (Phi) is 6.13. The Bertz CT molecular complexity index is 841. The number of aromatic nitrogens is 1. The van der Waals surface area contributed by atoms with E-state index in [2.05, 4.69) is 4.98 Å². The number of carboxylic acid groups (broad SMARTS) is 1. The molecule has 148 valence electrons. The smallest absolute Gasteiger partial charge is 0.339 e. The predicted molar refractivity (Wildman–Crippen MR) is 106 cm³/mol. The van der Waals surface area contributed by atoms with Gasteiger partial charge in [0.05, 0.1) is 0 Å². The Morgan fingerprint density at radius 3 is 2.54 bits per heavy atom. The van der Waals surface area contributed by atoms with E-state index in [4.69, 9.17) is 4.74 Å². The Morgan fingerprint density at radius 1 is 1.07 bits per heavy atom. The van der Waals surface area contributed by atoms with E-state index in [9.17, 15) is 14.7 Å². The summed E-state index contributed by atoms with van der Waals surface area (Å²) in [4.78, 5) is 32.5. The van der Waals surface area contributed by atoms with Crippen LogP contribution in [0.2, 0.25) is 0 Å². The van der Waals surface area contributed by atoms with Crippen molar-refractivity contribution in [2.24, 2.45) is 0 Å². The summed E-state index contributed by atoms with van der Waals surface area (Å²) in [6.45, 7) is 5.87. The van der Waals surface area contributed by atoms with Crippen molar-refractivity contribution in [2.75, 3.05) is 31.1 Å². The fraction of sp³-hybridized carbons (Fsp3) is 0.381. The number of para-hydroxylation sites is 1. The van der Waals surface area contributed by atoms with Gasteiger partial charge in [-0.1, -0.05) is 18.2 Å². The Morgan fingerprint density at radius 2 is 1.82 bits per heavy atom. The van der Waals surface area contributed by atoms with Gasteiger partial charge in [0.25, 0.3) is 5.91 Å². The molecule has 0 saturated carbocycles. The molecular formula is C21H25N3O4. The lowest BCUT2D eigenvalue weighted by Gasteiger charge is -2.26. The van der Waals surface area contributed by atoms with Crippen molar-refractivity contribution in [1.82, 2.24) is 9.88 Å². The third-order valence-electron chi connectivity index (χ3n) is 4.76. The van der Waals surface area contributed by atoms with Gasteiger partial charge in [-0.3, -0.25) is 4.79 Å². The van der Waals surface area contributed by atoms with Crippen LogP contribution >= 0.6 is 0 Å². The monoisotopic (exact) mass is 383 g/mol. The number of benzene rings is 1. The third kappa shape index (κ3) is 4.60. The molecule has 1 amide bonds. The zero-order valence-electron chi connectivity index (χ0n) is 16.2. The minimum atomic E-state index is -0.996. The van der Waals surface area contributed by atoms with Crippen LogP contribution in [-0.2, 0) is 4.79 Å². The number of pyridine rings is 1. The molecule has 28 heavy (non-hydrogen) atoms. The topological polar surface area (TPSA) is 83.0 Å².